The molecule has 2 heterocycles. The number of rotatable bonds is 4. The fourth-order valence-corrected chi connectivity index (χ4v) is 3.49. The van der Waals surface area contributed by atoms with E-state index in [0.717, 1.165) is 24.2 Å². The van der Waals surface area contributed by atoms with Crippen molar-refractivity contribution in [2.75, 3.05) is 19.7 Å². The molecular weight excluding hydrogens is 304 g/mol. The van der Waals surface area contributed by atoms with Crippen molar-refractivity contribution < 1.29 is 9.53 Å². The van der Waals surface area contributed by atoms with E-state index in [9.17, 15) is 4.79 Å². The first kappa shape index (κ1) is 15.3. The Morgan fingerprint density at radius 2 is 2.08 bits per heavy atom. The quantitative estimate of drug-likeness (QED) is 0.861. The summed E-state index contributed by atoms with van der Waals surface area (Å²) in [4.78, 5) is 15.2. The van der Waals surface area contributed by atoms with Crippen molar-refractivity contribution in [3.05, 3.63) is 48.0 Å². The van der Waals surface area contributed by atoms with Crippen molar-refractivity contribution in [2.45, 2.75) is 24.9 Å². The fourth-order valence-electron chi connectivity index (χ4n) is 3.49. The molecule has 6 nitrogen and oxygen atoms in total. The summed E-state index contributed by atoms with van der Waals surface area (Å²) < 4.78 is 7.68. The molecule has 0 spiro atoms. The van der Waals surface area contributed by atoms with Crippen LogP contribution in [0.4, 0.5) is 0 Å². The first-order chi connectivity index (χ1) is 11.7. The third kappa shape index (κ3) is 2.94. The summed E-state index contributed by atoms with van der Waals surface area (Å²) in [6.07, 6.45) is 3.74. The van der Waals surface area contributed by atoms with Crippen molar-refractivity contribution in [1.82, 2.24) is 19.7 Å². The number of ether oxygens (including phenoxy) is 1. The number of morpholine rings is 1. The van der Waals surface area contributed by atoms with Crippen molar-refractivity contribution in [3.8, 4) is 0 Å². The fraction of sp³-hybridized carbons (Fsp3) is 0.500. The molecule has 0 unspecified atom stereocenters. The molecule has 1 aliphatic carbocycles. The third-order valence-electron chi connectivity index (χ3n) is 4.93. The number of nitrogens with zero attached hydrogens (tertiary/aromatic N) is 4. The number of amides is 1. The SMILES string of the molecule is Cn1cnnc1[C@@H]1CN(C(=O)[C@@H](c2ccccc2)C2CC2)CCO1. The Balaban J connectivity index is 1.53. The van der Waals surface area contributed by atoms with Gasteiger partial charge in [0.25, 0.3) is 0 Å². The van der Waals surface area contributed by atoms with E-state index in [2.05, 4.69) is 22.3 Å². The summed E-state index contributed by atoms with van der Waals surface area (Å²) in [6, 6.07) is 10.2. The average molecular weight is 326 g/mol. The zero-order valence-corrected chi connectivity index (χ0v) is 13.8. The van der Waals surface area contributed by atoms with Crippen LogP contribution >= 0.6 is 0 Å². The van der Waals surface area contributed by atoms with Crippen molar-refractivity contribution in [3.63, 3.8) is 0 Å². The lowest BCUT2D eigenvalue weighted by Gasteiger charge is -2.34. The monoisotopic (exact) mass is 326 g/mol. The minimum atomic E-state index is -0.203. The van der Waals surface area contributed by atoms with E-state index in [-0.39, 0.29) is 17.9 Å². The minimum absolute atomic E-state index is 0.0237. The molecule has 2 atom stereocenters. The molecule has 1 aliphatic heterocycles. The molecule has 1 saturated carbocycles. The summed E-state index contributed by atoms with van der Waals surface area (Å²) in [6.45, 7) is 1.72. The number of benzene rings is 1. The average Bonchev–Trinajstić information content (AvgIpc) is 3.36. The topological polar surface area (TPSA) is 60.2 Å². The Bertz CT molecular complexity index is 711. The molecule has 1 aromatic heterocycles. The smallest absolute Gasteiger partial charge is 0.230 e. The normalized spacial score (nSPS) is 22.4. The number of aryl methyl sites for hydroxylation is 1. The largest absolute Gasteiger partial charge is 0.366 e. The number of carbonyl (C=O) groups excluding carboxylic acids is 1. The Labute approximate surface area is 141 Å². The maximum Gasteiger partial charge on any atom is 0.230 e. The van der Waals surface area contributed by atoms with E-state index < -0.39 is 0 Å². The summed E-state index contributed by atoms with van der Waals surface area (Å²) in [5.74, 6) is 1.45. The molecule has 0 radical (unpaired) electrons. The molecule has 6 heteroatoms. The van der Waals surface area contributed by atoms with E-state index in [1.807, 2.05) is 34.7 Å². The Hall–Kier alpha value is -2.21. The van der Waals surface area contributed by atoms with Crippen molar-refractivity contribution in [1.29, 1.82) is 0 Å². The molecule has 2 fully saturated rings. The maximum atomic E-state index is 13.2. The highest BCUT2D eigenvalue weighted by molar-refractivity contribution is 5.84. The van der Waals surface area contributed by atoms with Crippen LogP contribution in [0.3, 0.4) is 0 Å². The number of carbonyl (C=O) groups is 1. The first-order valence-corrected chi connectivity index (χ1v) is 8.53. The van der Waals surface area contributed by atoms with Crippen LogP contribution in [0.5, 0.6) is 0 Å². The van der Waals surface area contributed by atoms with E-state index in [1.54, 1.807) is 6.33 Å². The van der Waals surface area contributed by atoms with Crippen LogP contribution in [0, 0.1) is 5.92 Å². The third-order valence-corrected chi connectivity index (χ3v) is 4.93. The predicted molar refractivity (Wildman–Crippen MR) is 88.2 cm³/mol. The van der Waals surface area contributed by atoms with Gasteiger partial charge in [-0.1, -0.05) is 30.3 Å². The lowest BCUT2D eigenvalue weighted by Crippen LogP contribution is -2.45. The number of hydrogen-bond acceptors (Lipinski definition) is 4. The van der Waals surface area contributed by atoms with Crippen LogP contribution in [0.1, 0.15) is 36.3 Å². The molecule has 0 bridgehead atoms. The molecule has 0 N–H and O–H groups in total. The predicted octanol–water partition coefficient (Wildman–Crippen LogP) is 1.91. The van der Waals surface area contributed by atoms with E-state index in [1.165, 1.54) is 0 Å². The molecule has 2 aromatic rings. The zero-order chi connectivity index (χ0) is 16.5. The van der Waals surface area contributed by atoms with E-state index in [4.69, 9.17) is 4.74 Å². The van der Waals surface area contributed by atoms with Crippen LogP contribution in [0.2, 0.25) is 0 Å². The highest BCUT2D eigenvalue weighted by atomic mass is 16.5. The van der Waals surface area contributed by atoms with Crippen molar-refractivity contribution in [2.24, 2.45) is 13.0 Å². The van der Waals surface area contributed by atoms with Gasteiger partial charge in [0.15, 0.2) is 5.82 Å². The van der Waals surface area contributed by atoms with Crippen LogP contribution in [0.25, 0.3) is 0 Å². The summed E-state index contributed by atoms with van der Waals surface area (Å²) >= 11 is 0. The molecule has 4 rings (SSSR count). The summed E-state index contributed by atoms with van der Waals surface area (Å²) in [5, 5.41) is 8.05. The Morgan fingerprint density at radius 3 is 2.75 bits per heavy atom. The van der Waals surface area contributed by atoms with Gasteiger partial charge in [-0.25, -0.2) is 0 Å². The lowest BCUT2D eigenvalue weighted by molar-refractivity contribution is -0.141. The minimum Gasteiger partial charge on any atom is -0.366 e. The van der Waals surface area contributed by atoms with Crippen LogP contribution in [0.15, 0.2) is 36.7 Å². The molecule has 126 valence electrons. The highest BCUT2D eigenvalue weighted by Gasteiger charge is 2.40. The summed E-state index contributed by atoms with van der Waals surface area (Å²) in [7, 11) is 1.90. The van der Waals surface area contributed by atoms with Gasteiger partial charge in [0.1, 0.15) is 12.4 Å². The molecule has 1 amide bonds. The lowest BCUT2D eigenvalue weighted by atomic mass is 9.92. The Morgan fingerprint density at radius 1 is 1.29 bits per heavy atom. The van der Waals surface area contributed by atoms with Crippen molar-refractivity contribution >= 4 is 5.91 Å². The van der Waals surface area contributed by atoms with Gasteiger partial charge in [0.05, 0.1) is 19.1 Å². The summed E-state index contributed by atoms with van der Waals surface area (Å²) in [5.41, 5.74) is 1.13. The second-order valence-corrected chi connectivity index (χ2v) is 6.67. The number of aromatic nitrogens is 3. The molecule has 2 aliphatic rings. The van der Waals surface area contributed by atoms with Gasteiger partial charge in [-0.3, -0.25) is 4.79 Å². The molecular formula is C18H22N4O2. The standard InChI is InChI=1S/C18H22N4O2/c1-21-12-19-20-17(21)15-11-22(9-10-24-15)18(23)16(14-7-8-14)13-5-3-2-4-6-13/h2-6,12,14-16H,7-11H2,1H3/t15-,16-/m0/s1. The van der Waals surface area contributed by atoms with E-state index in [0.29, 0.717) is 25.6 Å². The van der Waals surface area contributed by atoms with Gasteiger partial charge in [0, 0.05) is 13.6 Å². The van der Waals surface area contributed by atoms with Gasteiger partial charge in [-0.05, 0) is 24.3 Å². The van der Waals surface area contributed by atoms with Gasteiger partial charge in [-0.15, -0.1) is 10.2 Å². The zero-order valence-electron chi connectivity index (χ0n) is 13.8. The van der Waals surface area contributed by atoms with Gasteiger partial charge in [-0.2, -0.15) is 0 Å². The molecule has 1 saturated heterocycles. The Kier molecular flexibility index (Phi) is 4.06. The number of hydrogen-bond donors (Lipinski definition) is 0. The molecule has 24 heavy (non-hydrogen) atoms. The van der Waals surface area contributed by atoms with Gasteiger partial charge in [0.2, 0.25) is 5.91 Å². The first-order valence-electron chi connectivity index (χ1n) is 8.53. The molecule has 1 aromatic carbocycles. The second kappa shape index (κ2) is 6.36. The van der Waals surface area contributed by atoms with Gasteiger partial charge < -0.3 is 14.2 Å². The van der Waals surface area contributed by atoms with E-state index >= 15 is 0 Å². The maximum absolute atomic E-state index is 13.2. The van der Waals surface area contributed by atoms with Gasteiger partial charge >= 0.3 is 0 Å². The highest BCUT2D eigenvalue weighted by Crippen LogP contribution is 2.44. The second-order valence-electron chi connectivity index (χ2n) is 6.67. The van der Waals surface area contributed by atoms with Crippen LogP contribution < -0.4 is 0 Å². The van der Waals surface area contributed by atoms with Crippen LogP contribution in [-0.4, -0.2) is 45.3 Å². The van der Waals surface area contributed by atoms with Crippen LogP contribution in [-0.2, 0) is 16.6 Å².